The van der Waals surface area contributed by atoms with E-state index in [0.29, 0.717) is 27.6 Å². The lowest BCUT2D eigenvalue weighted by atomic mass is 10.2. The highest BCUT2D eigenvalue weighted by atomic mass is 79.9. The molecule has 0 bridgehead atoms. The van der Waals surface area contributed by atoms with Crippen molar-refractivity contribution in [1.29, 1.82) is 0 Å². The molecule has 0 radical (unpaired) electrons. The van der Waals surface area contributed by atoms with Gasteiger partial charge in [0.1, 0.15) is 18.1 Å². The van der Waals surface area contributed by atoms with Crippen molar-refractivity contribution in [3.05, 3.63) is 93.4 Å². The Morgan fingerprint density at radius 1 is 1.00 bits per heavy atom. The summed E-state index contributed by atoms with van der Waals surface area (Å²) < 4.78 is 12.0. The highest BCUT2D eigenvalue weighted by Crippen LogP contribution is 2.27. The molecule has 0 aliphatic heterocycles. The first kappa shape index (κ1) is 20.9. The molecule has 0 atom stereocenters. The zero-order chi connectivity index (χ0) is 20.5. The highest BCUT2D eigenvalue weighted by Gasteiger charge is 2.06. The van der Waals surface area contributed by atoms with Crippen LogP contribution in [0.5, 0.6) is 11.5 Å². The van der Waals surface area contributed by atoms with Gasteiger partial charge in [-0.1, -0.05) is 54.1 Å². The fraction of sp³-hybridized carbons (Fsp3) is 0.0909. The molecule has 0 fully saturated rings. The summed E-state index contributed by atoms with van der Waals surface area (Å²) in [6.07, 6.45) is 1.54. The fourth-order valence-electron chi connectivity index (χ4n) is 2.40. The number of para-hydroxylation sites is 1. The van der Waals surface area contributed by atoms with Gasteiger partial charge in [-0.25, -0.2) is 5.43 Å². The van der Waals surface area contributed by atoms with Crippen LogP contribution >= 0.6 is 27.5 Å². The third kappa shape index (κ3) is 6.62. The predicted octanol–water partition coefficient (Wildman–Crippen LogP) is 5.21. The summed E-state index contributed by atoms with van der Waals surface area (Å²) >= 11 is 9.22. The second-order valence-corrected chi connectivity index (χ2v) is 7.26. The molecule has 0 saturated carbocycles. The topological polar surface area (TPSA) is 59.9 Å². The van der Waals surface area contributed by atoms with Gasteiger partial charge < -0.3 is 9.47 Å². The van der Waals surface area contributed by atoms with Gasteiger partial charge in [-0.15, -0.1) is 0 Å². The Bertz CT molecular complexity index is 996. The Morgan fingerprint density at radius 2 is 1.76 bits per heavy atom. The van der Waals surface area contributed by atoms with Gasteiger partial charge in [0, 0.05) is 10.6 Å². The summed E-state index contributed by atoms with van der Waals surface area (Å²) in [5.74, 6) is 0.815. The van der Waals surface area contributed by atoms with Crippen LogP contribution in [0.15, 0.2) is 82.4 Å². The van der Waals surface area contributed by atoms with Gasteiger partial charge in [-0.2, -0.15) is 5.10 Å². The van der Waals surface area contributed by atoms with Crippen LogP contribution in [0.3, 0.4) is 0 Å². The van der Waals surface area contributed by atoms with E-state index in [-0.39, 0.29) is 12.5 Å². The minimum absolute atomic E-state index is 0.177. The SMILES string of the molecule is O=C(COc1ccc(Cl)cc1Br)N/N=C/c1ccccc1OCc1ccccc1. The van der Waals surface area contributed by atoms with Crippen molar-refractivity contribution in [2.45, 2.75) is 6.61 Å². The molecule has 1 amide bonds. The van der Waals surface area contributed by atoms with Crippen molar-refractivity contribution < 1.29 is 14.3 Å². The Labute approximate surface area is 182 Å². The van der Waals surface area contributed by atoms with Crippen molar-refractivity contribution in [1.82, 2.24) is 5.43 Å². The Balaban J connectivity index is 1.52. The average Bonchev–Trinajstić information content (AvgIpc) is 2.73. The summed E-state index contributed by atoms with van der Waals surface area (Å²) in [6.45, 7) is 0.269. The molecule has 7 heteroatoms. The molecule has 3 aromatic carbocycles. The number of hydrogen-bond acceptors (Lipinski definition) is 4. The smallest absolute Gasteiger partial charge is 0.277 e. The number of carbonyl (C=O) groups excluding carboxylic acids is 1. The highest BCUT2D eigenvalue weighted by molar-refractivity contribution is 9.10. The monoisotopic (exact) mass is 472 g/mol. The normalized spacial score (nSPS) is 10.7. The van der Waals surface area contributed by atoms with Gasteiger partial charge in [0.15, 0.2) is 6.61 Å². The lowest BCUT2D eigenvalue weighted by molar-refractivity contribution is -0.123. The maximum Gasteiger partial charge on any atom is 0.277 e. The lowest BCUT2D eigenvalue weighted by Gasteiger charge is -2.09. The molecule has 29 heavy (non-hydrogen) atoms. The van der Waals surface area contributed by atoms with Gasteiger partial charge in [0.2, 0.25) is 0 Å². The molecular weight excluding hydrogens is 456 g/mol. The maximum atomic E-state index is 12.0. The molecule has 148 valence electrons. The van der Waals surface area contributed by atoms with E-state index in [0.717, 1.165) is 11.1 Å². The first-order valence-electron chi connectivity index (χ1n) is 8.77. The number of nitrogens with zero attached hydrogens (tertiary/aromatic N) is 1. The molecule has 3 aromatic rings. The minimum atomic E-state index is -0.384. The van der Waals surface area contributed by atoms with E-state index in [1.54, 1.807) is 18.2 Å². The first-order chi connectivity index (χ1) is 14.1. The lowest BCUT2D eigenvalue weighted by Crippen LogP contribution is -2.24. The number of benzene rings is 3. The summed E-state index contributed by atoms with van der Waals surface area (Å²) in [6, 6.07) is 22.4. The maximum absolute atomic E-state index is 12.0. The minimum Gasteiger partial charge on any atom is -0.488 e. The standard InChI is InChI=1S/C22H18BrClN2O3/c23-19-12-18(24)10-11-21(19)29-15-22(27)26-25-13-17-8-4-5-9-20(17)28-14-16-6-2-1-3-7-16/h1-13H,14-15H2,(H,26,27)/b25-13+. The van der Waals surface area contributed by atoms with E-state index in [4.69, 9.17) is 21.1 Å². The van der Waals surface area contributed by atoms with Crippen molar-refractivity contribution in [2.24, 2.45) is 5.10 Å². The molecule has 0 saturated heterocycles. The van der Waals surface area contributed by atoms with E-state index >= 15 is 0 Å². The molecular formula is C22H18BrClN2O3. The van der Waals surface area contributed by atoms with Crippen LogP contribution in [0.1, 0.15) is 11.1 Å². The molecule has 3 rings (SSSR count). The van der Waals surface area contributed by atoms with Crippen LogP contribution in [-0.2, 0) is 11.4 Å². The number of rotatable bonds is 8. The molecule has 0 spiro atoms. The third-order valence-electron chi connectivity index (χ3n) is 3.80. The zero-order valence-corrected chi connectivity index (χ0v) is 17.7. The van der Waals surface area contributed by atoms with Crippen LogP contribution in [0.2, 0.25) is 5.02 Å². The molecule has 0 aliphatic carbocycles. The zero-order valence-electron chi connectivity index (χ0n) is 15.3. The number of carbonyl (C=O) groups is 1. The number of amides is 1. The van der Waals surface area contributed by atoms with Gasteiger partial charge in [0.25, 0.3) is 5.91 Å². The Hall–Kier alpha value is -2.83. The Kier molecular flexibility index (Phi) is 7.67. The van der Waals surface area contributed by atoms with Crippen LogP contribution < -0.4 is 14.9 Å². The number of hydrazone groups is 1. The van der Waals surface area contributed by atoms with Gasteiger partial charge in [-0.05, 0) is 51.8 Å². The first-order valence-corrected chi connectivity index (χ1v) is 9.94. The summed E-state index contributed by atoms with van der Waals surface area (Å²) in [4.78, 5) is 12.0. The van der Waals surface area contributed by atoms with Gasteiger partial charge in [0.05, 0.1) is 10.7 Å². The van der Waals surface area contributed by atoms with Crippen molar-refractivity contribution in [2.75, 3.05) is 6.61 Å². The van der Waals surface area contributed by atoms with Crippen molar-refractivity contribution >= 4 is 39.7 Å². The van der Waals surface area contributed by atoms with Gasteiger partial charge in [-0.3, -0.25) is 4.79 Å². The second kappa shape index (κ2) is 10.6. The number of nitrogens with one attached hydrogen (secondary N) is 1. The molecule has 5 nitrogen and oxygen atoms in total. The third-order valence-corrected chi connectivity index (χ3v) is 4.66. The summed E-state index contributed by atoms with van der Waals surface area (Å²) in [5, 5.41) is 4.56. The summed E-state index contributed by atoms with van der Waals surface area (Å²) in [5.41, 5.74) is 4.26. The quantitative estimate of drug-likeness (QED) is 0.361. The molecule has 1 N–H and O–H groups in total. The average molecular weight is 474 g/mol. The van der Waals surface area contributed by atoms with Crippen LogP contribution in [0, 0.1) is 0 Å². The van der Waals surface area contributed by atoms with Gasteiger partial charge >= 0.3 is 0 Å². The fourth-order valence-corrected chi connectivity index (χ4v) is 3.19. The number of hydrogen-bond donors (Lipinski definition) is 1. The largest absolute Gasteiger partial charge is 0.488 e. The van der Waals surface area contributed by atoms with E-state index in [1.807, 2.05) is 54.6 Å². The molecule has 0 aromatic heterocycles. The second-order valence-electron chi connectivity index (χ2n) is 5.97. The summed E-state index contributed by atoms with van der Waals surface area (Å²) in [7, 11) is 0. The van der Waals surface area contributed by atoms with E-state index in [1.165, 1.54) is 6.21 Å². The number of ether oxygens (including phenoxy) is 2. The van der Waals surface area contributed by atoms with Crippen molar-refractivity contribution in [3.63, 3.8) is 0 Å². The van der Waals surface area contributed by atoms with Crippen LogP contribution in [0.25, 0.3) is 0 Å². The Morgan fingerprint density at radius 3 is 2.55 bits per heavy atom. The van der Waals surface area contributed by atoms with Crippen LogP contribution in [0.4, 0.5) is 0 Å². The van der Waals surface area contributed by atoms with E-state index < -0.39 is 0 Å². The van der Waals surface area contributed by atoms with E-state index in [9.17, 15) is 4.79 Å². The molecule has 0 heterocycles. The van der Waals surface area contributed by atoms with Crippen molar-refractivity contribution in [3.8, 4) is 11.5 Å². The molecule has 0 aliphatic rings. The number of halogens is 2. The van der Waals surface area contributed by atoms with Crippen LogP contribution in [-0.4, -0.2) is 18.7 Å². The predicted molar refractivity (Wildman–Crippen MR) is 118 cm³/mol. The van der Waals surface area contributed by atoms with E-state index in [2.05, 4.69) is 26.5 Å². The molecule has 0 unspecified atom stereocenters.